The summed E-state index contributed by atoms with van der Waals surface area (Å²) in [6.45, 7) is -0.206. The van der Waals surface area contributed by atoms with E-state index in [1.165, 1.54) is 6.33 Å². The Morgan fingerprint density at radius 2 is 2.33 bits per heavy atom. The van der Waals surface area contributed by atoms with Crippen LogP contribution in [-0.4, -0.2) is 43.6 Å². The summed E-state index contributed by atoms with van der Waals surface area (Å²) in [7, 11) is 0. The van der Waals surface area contributed by atoms with Crippen molar-refractivity contribution in [3.05, 3.63) is 18.6 Å². The molecule has 0 bridgehead atoms. The van der Waals surface area contributed by atoms with Gasteiger partial charge in [-0.2, -0.15) is 0 Å². The number of aromatic nitrogens is 3. The maximum atomic E-state index is 9.74. The first-order valence-corrected chi connectivity index (χ1v) is 5.72. The van der Waals surface area contributed by atoms with Gasteiger partial charge in [0.2, 0.25) is 0 Å². The third-order valence-corrected chi connectivity index (χ3v) is 3.22. The van der Waals surface area contributed by atoms with Gasteiger partial charge < -0.3 is 25.3 Å². The van der Waals surface area contributed by atoms with Gasteiger partial charge in [0.15, 0.2) is 5.82 Å². The SMILES string of the molecule is Nc1ncnc2ccn([C@H]3C[C@H](O)[C@@H](CO)O3)c12. The molecule has 3 atom stereocenters. The van der Waals surface area contributed by atoms with Crippen LogP contribution < -0.4 is 5.73 Å². The number of nitrogen functional groups attached to an aromatic ring is 1. The number of anilines is 1. The Morgan fingerprint density at radius 3 is 3.06 bits per heavy atom. The van der Waals surface area contributed by atoms with Crippen LogP contribution in [0.2, 0.25) is 0 Å². The lowest BCUT2D eigenvalue weighted by Crippen LogP contribution is -2.24. The Hall–Kier alpha value is -1.70. The van der Waals surface area contributed by atoms with Crippen LogP contribution in [0.5, 0.6) is 0 Å². The monoisotopic (exact) mass is 250 g/mol. The van der Waals surface area contributed by atoms with E-state index in [2.05, 4.69) is 9.97 Å². The largest absolute Gasteiger partial charge is 0.394 e. The standard InChI is InChI=1S/C11H14N4O3/c12-11-10-6(13-5-14-11)1-2-15(10)9-3-7(17)8(4-16)18-9/h1-2,5,7-9,16-17H,3-4H2,(H2,12,13,14)/t7-,8+,9+/m0/s1. The van der Waals surface area contributed by atoms with E-state index in [1.807, 2.05) is 6.07 Å². The molecule has 3 heterocycles. The topological polar surface area (TPSA) is 106 Å². The summed E-state index contributed by atoms with van der Waals surface area (Å²) in [4.78, 5) is 8.06. The predicted octanol–water partition coefficient (Wildman–Crippen LogP) is -0.346. The summed E-state index contributed by atoms with van der Waals surface area (Å²) in [5.74, 6) is 0.371. The highest BCUT2D eigenvalue weighted by molar-refractivity contribution is 5.85. The quantitative estimate of drug-likeness (QED) is 0.673. The first kappa shape index (κ1) is 11.4. The molecule has 0 aliphatic carbocycles. The van der Waals surface area contributed by atoms with Crippen molar-refractivity contribution in [2.45, 2.75) is 24.9 Å². The van der Waals surface area contributed by atoms with Gasteiger partial charge in [0, 0.05) is 12.6 Å². The third-order valence-electron chi connectivity index (χ3n) is 3.22. The van der Waals surface area contributed by atoms with Crippen molar-refractivity contribution in [1.82, 2.24) is 14.5 Å². The molecular formula is C11H14N4O3. The first-order valence-electron chi connectivity index (χ1n) is 5.72. The number of rotatable bonds is 2. The minimum atomic E-state index is -0.677. The van der Waals surface area contributed by atoms with E-state index < -0.39 is 12.2 Å². The second kappa shape index (κ2) is 4.20. The average molecular weight is 250 g/mol. The van der Waals surface area contributed by atoms with Gasteiger partial charge in [-0.25, -0.2) is 9.97 Å². The number of fused-ring (bicyclic) bond motifs is 1. The fraction of sp³-hybridized carbons (Fsp3) is 0.455. The average Bonchev–Trinajstić information content (AvgIpc) is 2.93. The first-order chi connectivity index (χ1) is 8.70. The second-order valence-corrected chi connectivity index (χ2v) is 4.33. The van der Waals surface area contributed by atoms with Crippen molar-refractivity contribution in [3.8, 4) is 0 Å². The van der Waals surface area contributed by atoms with Gasteiger partial charge >= 0.3 is 0 Å². The minimum absolute atomic E-state index is 0.206. The maximum absolute atomic E-state index is 9.74. The molecule has 1 fully saturated rings. The van der Waals surface area contributed by atoms with Crippen LogP contribution in [0.15, 0.2) is 18.6 Å². The molecule has 1 saturated heterocycles. The molecule has 3 rings (SSSR count). The molecule has 18 heavy (non-hydrogen) atoms. The van der Waals surface area contributed by atoms with Crippen LogP contribution in [0, 0.1) is 0 Å². The lowest BCUT2D eigenvalue weighted by molar-refractivity contribution is -0.0428. The van der Waals surface area contributed by atoms with Crippen molar-refractivity contribution in [1.29, 1.82) is 0 Å². The molecule has 0 saturated carbocycles. The highest BCUT2D eigenvalue weighted by atomic mass is 16.5. The molecule has 7 nitrogen and oxygen atoms in total. The molecule has 0 unspecified atom stereocenters. The Bertz CT molecular complexity index is 570. The van der Waals surface area contributed by atoms with Crippen molar-refractivity contribution >= 4 is 16.9 Å². The number of aliphatic hydroxyl groups is 2. The van der Waals surface area contributed by atoms with E-state index in [1.54, 1.807) is 10.8 Å². The van der Waals surface area contributed by atoms with Gasteiger partial charge in [-0.05, 0) is 6.07 Å². The number of ether oxygens (including phenoxy) is 1. The summed E-state index contributed by atoms with van der Waals surface area (Å²) in [5.41, 5.74) is 7.25. The summed E-state index contributed by atoms with van der Waals surface area (Å²) >= 11 is 0. The Balaban J connectivity index is 2.01. The van der Waals surface area contributed by atoms with Gasteiger partial charge in [-0.3, -0.25) is 0 Å². The van der Waals surface area contributed by atoms with Crippen molar-refractivity contribution < 1.29 is 14.9 Å². The van der Waals surface area contributed by atoms with Gasteiger partial charge in [-0.15, -0.1) is 0 Å². The Labute approximate surface area is 103 Å². The normalized spacial score (nSPS) is 28.0. The van der Waals surface area contributed by atoms with Gasteiger partial charge in [0.25, 0.3) is 0 Å². The third kappa shape index (κ3) is 1.64. The summed E-state index contributed by atoms with van der Waals surface area (Å²) in [5, 5.41) is 18.8. The number of aliphatic hydroxyl groups excluding tert-OH is 2. The fourth-order valence-electron chi connectivity index (χ4n) is 2.31. The molecule has 0 aromatic carbocycles. The second-order valence-electron chi connectivity index (χ2n) is 4.33. The molecule has 1 aliphatic heterocycles. The molecule has 96 valence electrons. The molecule has 0 amide bonds. The molecule has 7 heteroatoms. The molecule has 1 aliphatic rings. The van der Waals surface area contributed by atoms with Gasteiger partial charge in [-0.1, -0.05) is 0 Å². The fourth-order valence-corrected chi connectivity index (χ4v) is 2.31. The molecule has 0 radical (unpaired) electrons. The van der Waals surface area contributed by atoms with E-state index in [-0.39, 0.29) is 12.8 Å². The summed E-state index contributed by atoms with van der Waals surface area (Å²) in [6.07, 6.45) is 2.02. The van der Waals surface area contributed by atoms with Crippen LogP contribution in [0.4, 0.5) is 5.82 Å². The van der Waals surface area contributed by atoms with Crippen LogP contribution >= 0.6 is 0 Å². The molecule has 4 N–H and O–H groups in total. The molecule has 2 aromatic rings. The zero-order chi connectivity index (χ0) is 12.7. The van der Waals surface area contributed by atoms with Gasteiger partial charge in [0.05, 0.1) is 18.2 Å². The number of nitrogens with two attached hydrogens (primary N) is 1. The van der Waals surface area contributed by atoms with Crippen LogP contribution in [0.3, 0.4) is 0 Å². The highest BCUT2D eigenvalue weighted by Crippen LogP contribution is 2.32. The zero-order valence-electron chi connectivity index (χ0n) is 9.60. The predicted molar refractivity (Wildman–Crippen MR) is 63.6 cm³/mol. The zero-order valence-corrected chi connectivity index (χ0v) is 9.60. The van der Waals surface area contributed by atoms with E-state index in [4.69, 9.17) is 15.6 Å². The van der Waals surface area contributed by atoms with Crippen molar-refractivity contribution in [3.63, 3.8) is 0 Å². The van der Waals surface area contributed by atoms with E-state index in [0.717, 1.165) is 5.52 Å². The van der Waals surface area contributed by atoms with E-state index in [9.17, 15) is 5.11 Å². The summed E-state index contributed by atoms with van der Waals surface area (Å²) < 4.78 is 7.38. The smallest absolute Gasteiger partial charge is 0.151 e. The lowest BCUT2D eigenvalue weighted by atomic mass is 10.2. The number of hydrogen-bond donors (Lipinski definition) is 3. The van der Waals surface area contributed by atoms with Crippen LogP contribution in [0.25, 0.3) is 11.0 Å². The van der Waals surface area contributed by atoms with E-state index >= 15 is 0 Å². The van der Waals surface area contributed by atoms with Crippen molar-refractivity contribution in [2.24, 2.45) is 0 Å². The molecular weight excluding hydrogens is 236 g/mol. The molecule has 0 spiro atoms. The van der Waals surface area contributed by atoms with Crippen molar-refractivity contribution in [2.75, 3.05) is 12.3 Å². The van der Waals surface area contributed by atoms with E-state index in [0.29, 0.717) is 17.8 Å². The Morgan fingerprint density at radius 1 is 1.50 bits per heavy atom. The van der Waals surface area contributed by atoms with Crippen LogP contribution in [-0.2, 0) is 4.74 Å². The number of hydrogen-bond acceptors (Lipinski definition) is 6. The number of nitrogens with zero attached hydrogens (tertiary/aromatic N) is 3. The van der Waals surface area contributed by atoms with Gasteiger partial charge in [0.1, 0.15) is 24.2 Å². The highest BCUT2D eigenvalue weighted by Gasteiger charge is 2.35. The lowest BCUT2D eigenvalue weighted by Gasteiger charge is -2.15. The summed E-state index contributed by atoms with van der Waals surface area (Å²) in [6, 6.07) is 1.81. The minimum Gasteiger partial charge on any atom is -0.394 e. The maximum Gasteiger partial charge on any atom is 0.151 e. The Kier molecular flexibility index (Phi) is 2.66. The van der Waals surface area contributed by atoms with Crippen LogP contribution in [0.1, 0.15) is 12.6 Å². The molecule has 2 aromatic heterocycles.